The molecule has 17 heavy (non-hydrogen) atoms. The van der Waals surface area contributed by atoms with Gasteiger partial charge in [-0.2, -0.15) is 0 Å². The largest absolute Gasteiger partial charge is 0.317 e. The van der Waals surface area contributed by atoms with E-state index in [2.05, 4.69) is 5.32 Å². The third-order valence-electron chi connectivity index (χ3n) is 3.60. The Hall–Kier alpha value is -0.960. The first-order chi connectivity index (χ1) is 8.14. The summed E-state index contributed by atoms with van der Waals surface area (Å²) >= 11 is 0. The SMILES string of the molecule is CCc1ccc(C(F)(F)C2CCNCC2)cc1. The minimum atomic E-state index is -2.69. The smallest absolute Gasteiger partial charge is 0.276 e. The summed E-state index contributed by atoms with van der Waals surface area (Å²) < 4.78 is 28.5. The van der Waals surface area contributed by atoms with E-state index in [1.807, 2.05) is 19.1 Å². The van der Waals surface area contributed by atoms with Gasteiger partial charge in [-0.25, -0.2) is 8.78 Å². The highest BCUT2D eigenvalue weighted by atomic mass is 19.3. The van der Waals surface area contributed by atoms with Crippen LogP contribution in [0.3, 0.4) is 0 Å². The lowest BCUT2D eigenvalue weighted by Gasteiger charge is -2.30. The maximum absolute atomic E-state index is 14.2. The lowest BCUT2D eigenvalue weighted by atomic mass is 9.87. The molecule has 1 aromatic rings. The van der Waals surface area contributed by atoms with Crippen LogP contribution in [0.25, 0.3) is 0 Å². The number of aryl methyl sites for hydroxylation is 1. The van der Waals surface area contributed by atoms with Crippen molar-refractivity contribution >= 4 is 0 Å². The average molecular weight is 239 g/mol. The van der Waals surface area contributed by atoms with E-state index < -0.39 is 11.8 Å². The molecule has 0 spiro atoms. The van der Waals surface area contributed by atoms with Gasteiger partial charge < -0.3 is 5.32 Å². The fraction of sp³-hybridized carbons (Fsp3) is 0.571. The second-order valence-electron chi connectivity index (χ2n) is 4.70. The van der Waals surface area contributed by atoms with Crippen molar-refractivity contribution in [3.63, 3.8) is 0 Å². The fourth-order valence-corrected chi connectivity index (χ4v) is 2.38. The molecular formula is C14H19F2N. The summed E-state index contributed by atoms with van der Waals surface area (Å²) in [7, 11) is 0. The molecule has 0 bridgehead atoms. The zero-order chi connectivity index (χ0) is 12.3. The summed E-state index contributed by atoms with van der Waals surface area (Å²) in [6.07, 6.45) is 2.00. The second kappa shape index (κ2) is 5.13. The number of benzene rings is 1. The summed E-state index contributed by atoms with van der Waals surface area (Å²) in [6.45, 7) is 3.43. The molecule has 0 radical (unpaired) electrons. The summed E-state index contributed by atoms with van der Waals surface area (Å²) in [4.78, 5) is 0. The predicted octanol–water partition coefficient (Wildman–Crippen LogP) is 3.34. The highest BCUT2D eigenvalue weighted by Crippen LogP contribution is 2.40. The first-order valence-electron chi connectivity index (χ1n) is 6.32. The second-order valence-corrected chi connectivity index (χ2v) is 4.70. The number of hydrogen-bond donors (Lipinski definition) is 1. The van der Waals surface area contributed by atoms with Crippen LogP contribution >= 0.6 is 0 Å². The molecule has 0 aromatic heterocycles. The Bertz CT molecular complexity index is 353. The van der Waals surface area contributed by atoms with Crippen LogP contribution in [0.5, 0.6) is 0 Å². The van der Waals surface area contributed by atoms with E-state index in [0.29, 0.717) is 25.9 Å². The van der Waals surface area contributed by atoms with E-state index in [9.17, 15) is 8.78 Å². The maximum Gasteiger partial charge on any atom is 0.276 e. The highest BCUT2D eigenvalue weighted by Gasteiger charge is 2.41. The lowest BCUT2D eigenvalue weighted by molar-refractivity contribution is -0.0753. The van der Waals surface area contributed by atoms with Crippen LogP contribution in [0, 0.1) is 5.92 Å². The van der Waals surface area contributed by atoms with E-state index in [4.69, 9.17) is 0 Å². The van der Waals surface area contributed by atoms with Gasteiger partial charge in [-0.05, 0) is 37.9 Å². The molecule has 1 nitrogen and oxygen atoms in total. The normalized spacial score (nSPS) is 18.3. The van der Waals surface area contributed by atoms with Crippen molar-refractivity contribution in [3.05, 3.63) is 35.4 Å². The molecule has 94 valence electrons. The molecule has 1 heterocycles. The van der Waals surface area contributed by atoms with E-state index in [0.717, 1.165) is 12.0 Å². The first-order valence-corrected chi connectivity index (χ1v) is 6.32. The predicted molar refractivity (Wildman–Crippen MR) is 65.3 cm³/mol. The molecule has 2 rings (SSSR count). The van der Waals surface area contributed by atoms with Crippen LogP contribution < -0.4 is 5.32 Å². The molecule has 0 aliphatic carbocycles. The first kappa shape index (κ1) is 12.5. The van der Waals surface area contributed by atoms with Crippen LogP contribution in [0.4, 0.5) is 8.78 Å². The van der Waals surface area contributed by atoms with Crippen molar-refractivity contribution < 1.29 is 8.78 Å². The van der Waals surface area contributed by atoms with Gasteiger partial charge in [0, 0.05) is 11.5 Å². The molecule has 1 aliphatic rings. The van der Waals surface area contributed by atoms with E-state index in [1.54, 1.807) is 12.1 Å². The van der Waals surface area contributed by atoms with Gasteiger partial charge in [0.2, 0.25) is 0 Å². The van der Waals surface area contributed by atoms with Crippen LogP contribution in [0.1, 0.15) is 30.9 Å². The number of halogens is 2. The molecule has 1 saturated heterocycles. The lowest BCUT2D eigenvalue weighted by Crippen LogP contribution is -2.36. The molecule has 1 aromatic carbocycles. The molecule has 3 heteroatoms. The van der Waals surface area contributed by atoms with E-state index >= 15 is 0 Å². The topological polar surface area (TPSA) is 12.0 Å². The molecule has 0 amide bonds. The van der Waals surface area contributed by atoms with Gasteiger partial charge in [-0.3, -0.25) is 0 Å². The van der Waals surface area contributed by atoms with E-state index in [-0.39, 0.29) is 5.56 Å². The number of nitrogens with one attached hydrogen (secondary N) is 1. The molecule has 1 N–H and O–H groups in total. The molecule has 1 fully saturated rings. The molecule has 0 unspecified atom stereocenters. The van der Waals surface area contributed by atoms with E-state index in [1.165, 1.54) is 0 Å². The van der Waals surface area contributed by atoms with Crippen molar-refractivity contribution in [2.45, 2.75) is 32.1 Å². The van der Waals surface area contributed by atoms with Crippen LogP contribution in [-0.2, 0) is 12.3 Å². The number of hydrogen-bond acceptors (Lipinski definition) is 1. The number of piperidine rings is 1. The summed E-state index contributed by atoms with van der Waals surface area (Å²) in [5.74, 6) is -3.20. The van der Waals surface area contributed by atoms with Gasteiger partial charge in [0.05, 0.1) is 0 Å². The Morgan fingerprint density at radius 3 is 2.29 bits per heavy atom. The molecular weight excluding hydrogens is 220 g/mol. The molecule has 1 aliphatic heterocycles. The molecule has 0 atom stereocenters. The highest BCUT2D eigenvalue weighted by molar-refractivity contribution is 5.26. The van der Waals surface area contributed by atoms with Crippen molar-refractivity contribution in [2.24, 2.45) is 5.92 Å². The Labute approximate surface area is 101 Å². The van der Waals surface area contributed by atoms with Gasteiger partial charge in [-0.1, -0.05) is 31.2 Å². The van der Waals surface area contributed by atoms with Gasteiger partial charge in [-0.15, -0.1) is 0 Å². The zero-order valence-electron chi connectivity index (χ0n) is 10.2. The minimum Gasteiger partial charge on any atom is -0.317 e. The van der Waals surface area contributed by atoms with Gasteiger partial charge in [0.1, 0.15) is 0 Å². The quantitative estimate of drug-likeness (QED) is 0.853. The number of rotatable bonds is 3. The Morgan fingerprint density at radius 2 is 1.76 bits per heavy atom. The molecule has 0 saturated carbocycles. The Balaban J connectivity index is 2.17. The minimum absolute atomic E-state index is 0.168. The third kappa shape index (κ3) is 2.65. The number of alkyl halides is 2. The summed E-state index contributed by atoms with van der Waals surface area (Å²) in [5.41, 5.74) is 1.27. The van der Waals surface area contributed by atoms with Crippen molar-refractivity contribution in [1.29, 1.82) is 0 Å². The van der Waals surface area contributed by atoms with Gasteiger partial charge >= 0.3 is 0 Å². The van der Waals surface area contributed by atoms with Gasteiger partial charge in [0.25, 0.3) is 5.92 Å². The summed E-state index contributed by atoms with van der Waals surface area (Å²) in [5, 5.41) is 3.12. The fourth-order valence-electron chi connectivity index (χ4n) is 2.38. The van der Waals surface area contributed by atoms with Crippen LogP contribution in [0.15, 0.2) is 24.3 Å². The summed E-state index contributed by atoms with van der Waals surface area (Å²) in [6, 6.07) is 6.79. The Morgan fingerprint density at radius 1 is 1.18 bits per heavy atom. The zero-order valence-corrected chi connectivity index (χ0v) is 10.2. The Kier molecular flexibility index (Phi) is 3.77. The average Bonchev–Trinajstić information content (AvgIpc) is 2.40. The van der Waals surface area contributed by atoms with Crippen LogP contribution in [-0.4, -0.2) is 13.1 Å². The van der Waals surface area contributed by atoms with Crippen molar-refractivity contribution in [1.82, 2.24) is 5.32 Å². The maximum atomic E-state index is 14.2. The van der Waals surface area contributed by atoms with Gasteiger partial charge in [0.15, 0.2) is 0 Å². The van der Waals surface area contributed by atoms with Crippen molar-refractivity contribution in [3.8, 4) is 0 Å². The third-order valence-corrected chi connectivity index (χ3v) is 3.60. The van der Waals surface area contributed by atoms with Crippen molar-refractivity contribution in [2.75, 3.05) is 13.1 Å². The van der Waals surface area contributed by atoms with Crippen LogP contribution in [0.2, 0.25) is 0 Å². The monoisotopic (exact) mass is 239 g/mol. The standard InChI is InChI=1S/C14H19F2N/c1-2-11-3-5-12(6-4-11)14(15,16)13-7-9-17-10-8-13/h3-6,13,17H,2,7-10H2,1H3.